The first-order valence-corrected chi connectivity index (χ1v) is 17.3. The number of nitrogens with one attached hydrogen (secondary N) is 3. The Morgan fingerprint density at radius 1 is 0.911 bits per heavy atom. The maximum Gasteiger partial charge on any atom is 0.243 e. The predicted molar refractivity (Wildman–Crippen MR) is 174 cm³/mol. The maximum atomic E-state index is 13.7. The molecule has 1 aromatic heterocycles. The zero-order valence-corrected chi connectivity index (χ0v) is 26.4. The first-order valence-electron chi connectivity index (χ1n) is 14.8. The van der Waals surface area contributed by atoms with Crippen molar-refractivity contribution in [1.82, 2.24) is 20.3 Å². The summed E-state index contributed by atoms with van der Waals surface area (Å²) in [4.78, 5) is 48.7. The molecule has 2 amide bonds. The number of Topliss-reactive ketones (excluding diaryl/α,β-unsaturated/α-hetero) is 1. The molecule has 7 N–H and O–H groups in total. The highest BCUT2D eigenvalue weighted by molar-refractivity contribution is 7.88. The van der Waals surface area contributed by atoms with Gasteiger partial charge in [0.15, 0.2) is 11.0 Å². The summed E-state index contributed by atoms with van der Waals surface area (Å²) in [7, 11) is -3.93. The number of nitrogens with zero attached hydrogens (tertiary/aromatic N) is 2. The minimum atomic E-state index is -3.93. The summed E-state index contributed by atoms with van der Waals surface area (Å²) in [6.07, 6.45) is 4.45. The maximum absolute atomic E-state index is 13.7. The number of carbonyl (C=O) groups excluding carboxylic acids is 3. The average Bonchev–Trinajstić information content (AvgIpc) is 3.66. The Kier molecular flexibility index (Phi) is 12.2. The van der Waals surface area contributed by atoms with Gasteiger partial charge in [0.05, 0.1) is 11.8 Å². The summed E-state index contributed by atoms with van der Waals surface area (Å²) in [6.45, 7) is 0.270. The molecule has 3 unspecified atom stereocenters. The molecule has 0 spiro atoms. The molecule has 0 saturated heterocycles. The number of guanidine groups is 1. The van der Waals surface area contributed by atoms with E-state index in [-0.39, 0.29) is 47.8 Å². The van der Waals surface area contributed by atoms with E-state index in [4.69, 9.17) is 11.5 Å². The van der Waals surface area contributed by atoms with Gasteiger partial charge in [-0.25, -0.2) is 18.1 Å². The number of aromatic nitrogens is 1. The van der Waals surface area contributed by atoms with E-state index < -0.39 is 40.0 Å². The van der Waals surface area contributed by atoms with Crippen LogP contribution in [0.3, 0.4) is 0 Å². The lowest BCUT2D eigenvalue weighted by molar-refractivity contribution is -0.130. The van der Waals surface area contributed by atoms with Crippen LogP contribution in [0.15, 0.2) is 77.2 Å². The van der Waals surface area contributed by atoms with Gasteiger partial charge in [-0.1, -0.05) is 73.5 Å². The highest BCUT2D eigenvalue weighted by Gasteiger charge is 2.35. The minimum Gasteiger partial charge on any atom is -0.370 e. The van der Waals surface area contributed by atoms with Crippen LogP contribution in [0.1, 0.15) is 53.0 Å². The lowest BCUT2D eigenvalue weighted by atomic mass is 10.0. The number of amides is 2. The predicted octanol–water partition coefficient (Wildman–Crippen LogP) is 1.88. The molecule has 12 nitrogen and oxygen atoms in total. The first kappa shape index (κ1) is 33.7. The molecular weight excluding hydrogens is 615 g/mol. The van der Waals surface area contributed by atoms with Crippen molar-refractivity contribution in [3.05, 3.63) is 88.4 Å². The Hall–Kier alpha value is -4.14. The summed E-state index contributed by atoms with van der Waals surface area (Å²) >= 11 is 1.17. The van der Waals surface area contributed by atoms with Crippen LogP contribution in [0, 0.1) is 5.92 Å². The Balaban J connectivity index is 1.51. The van der Waals surface area contributed by atoms with Gasteiger partial charge in [0, 0.05) is 18.1 Å². The Morgan fingerprint density at radius 3 is 2.13 bits per heavy atom. The molecule has 3 aromatic rings. The molecule has 0 radical (unpaired) electrons. The fourth-order valence-electron chi connectivity index (χ4n) is 4.82. The summed E-state index contributed by atoms with van der Waals surface area (Å²) in [5, 5.41) is 7.54. The Morgan fingerprint density at radius 2 is 1.53 bits per heavy atom. The average molecular weight is 654 g/mol. The molecule has 240 valence electrons. The molecule has 1 aliphatic carbocycles. The fraction of sp³-hybridized carbons (Fsp3) is 0.387. The SMILES string of the molecule is NC(N)=NCCCC(NC(=O)C(CC1CC1)NC(=O)C(Cc1ccccc1)NS(=O)(=O)Cc1ccccc1)C(=O)c1nccs1. The number of rotatable bonds is 18. The quantitative estimate of drug-likeness (QED) is 0.0593. The van der Waals surface area contributed by atoms with E-state index >= 15 is 0 Å². The summed E-state index contributed by atoms with van der Waals surface area (Å²) < 4.78 is 28.9. The lowest BCUT2D eigenvalue weighted by Gasteiger charge is -2.25. The second-order valence-electron chi connectivity index (χ2n) is 11.1. The van der Waals surface area contributed by atoms with Gasteiger partial charge in [0.2, 0.25) is 27.6 Å². The van der Waals surface area contributed by atoms with E-state index in [1.807, 2.05) is 6.07 Å². The van der Waals surface area contributed by atoms with Crippen molar-refractivity contribution < 1.29 is 22.8 Å². The molecule has 0 bridgehead atoms. The molecule has 14 heteroatoms. The summed E-state index contributed by atoms with van der Waals surface area (Å²) in [5.74, 6) is -1.66. The van der Waals surface area contributed by atoms with Crippen LogP contribution in [-0.2, 0) is 31.8 Å². The first-order chi connectivity index (χ1) is 21.6. The Labute approximate surface area is 267 Å². The number of thiazole rings is 1. The number of aliphatic imine (C=N–C) groups is 1. The zero-order valence-electron chi connectivity index (χ0n) is 24.8. The molecule has 1 heterocycles. The minimum absolute atomic E-state index is 0.0708. The number of carbonyl (C=O) groups is 3. The van der Waals surface area contributed by atoms with Gasteiger partial charge in [-0.15, -0.1) is 11.3 Å². The normalized spacial score (nSPS) is 14.9. The van der Waals surface area contributed by atoms with E-state index in [2.05, 4.69) is 25.3 Å². The summed E-state index contributed by atoms with van der Waals surface area (Å²) in [6, 6.07) is 14.6. The van der Waals surface area contributed by atoms with Gasteiger partial charge in [-0.2, -0.15) is 0 Å². The topological polar surface area (TPSA) is 199 Å². The molecule has 4 rings (SSSR count). The molecule has 3 atom stereocenters. The summed E-state index contributed by atoms with van der Waals surface area (Å²) in [5.41, 5.74) is 12.2. The van der Waals surface area contributed by atoms with Crippen molar-refractivity contribution in [1.29, 1.82) is 0 Å². The van der Waals surface area contributed by atoms with E-state index in [1.54, 1.807) is 60.0 Å². The van der Waals surface area contributed by atoms with E-state index in [1.165, 1.54) is 17.5 Å². The van der Waals surface area contributed by atoms with E-state index in [0.717, 1.165) is 18.4 Å². The zero-order chi connectivity index (χ0) is 32.2. The van der Waals surface area contributed by atoms with Crippen molar-refractivity contribution in [3.63, 3.8) is 0 Å². The van der Waals surface area contributed by atoms with Crippen LogP contribution >= 0.6 is 11.3 Å². The van der Waals surface area contributed by atoms with E-state index in [0.29, 0.717) is 18.4 Å². The van der Waals surface area contributed by atoms with Crippen LogP contribution in [0.2, 0.25) is 0 Å². The fourth-order valence-corrected chi connectivity index (χ4v) is 6.79. The third kappa shape index (κ3) is 11.4. The molecule has 1 saturated carbocycles. The molecule has 1 fully saturated rings. The van der Waals surface area contributed by atoms with Crippen LogP contribution in [-0.4, -0.2) is 61.6 Å². The van der Waals surface area contributed by atoms with Crippen LogP contribution < -0.4 is 26.8 Å². The number of benzene rings is 2. The van der Waals surface area contributed by atoms with Crippen molar-refractivity contribution in [2.45, 2.75) is 62.4 Å². The third-order valence-corrected chi connectivity index (χ3v) is 9.39. The number of hydrogen-bond acceptors (Lipinski definition) is 8. The van der Waals surface area contributed by atoms with Crippen LogP contribution in [0.25, 0.3) is 0 Å². The largest absolute Gasteiger partial charge is 0.370 e. The highest BCUT2D eigenvalue weighted by Crippen LogP contribution is 2.33. The van der Waals surface area contributed by atoms with Crippen LogP contribution in [0.4, 0.5) is 0 Å². The smallest absolute Gasteiger partial charge is 0.243 e. The van der Waals surface area contributed by atoms with Gasteiger partial charge in [0.25, 0.3) is 0 Å². The molecular formula is C31H39N7O5S2. The second-order valence-corrected chi connectivity index (χ2v) is 13.7. The van der Waals surface area contributed by atoms with Crippen molar-refractivity contribution in [2.75, 3.05) is 6.54 Å². The monoisotopic (exact) mass is 653 g/mol. The van der Waals surface area contributed by atoms with Gasteiger partial charge < -0.3 is 22.1 Å². The number of nitrogens with two attached hydrogens (primary N) is 2. The van der Waals surface area contributed by atoms with Crippen molar-refractivity contribution >= 4 is 44.9 Å². The number of ketones is 1. The van der Waals surface area contributed by atoms with Gasteiger partial charge >= 0.3 is 0 Å². The lowest BCUT2D eigenvalue weighted by Crippen LogP contribution is -2.56. The van der Waals surface area contributed by atoms with Gasteiger partial charge in [-0.3, -0.25) is 19.4 Å². The van der Waals surface area contributed by atoms with Crippen molar-refractivity contribution in [3.8, 4) is 0 Å². The molecule has 45 heavy (non-hydrogen) atoms. The van der Waals surface area contributed by atoms with Crippen LogP contribution in [0.5, 0.6) is 0 Å². The Bertz CT molecular complexity index is 1540. The third-order valence-electron chi connectivity index (χ3n) is 7.24. The standard InChI is InChI=1S/C31H39N7O5S2/c32-31(33)35-15-7-12-24(27(39)30-34-16-17-44-30)36-28(40)25(18-22-13-14-22)37-29(41)26(19-21-8-3-1-4-9-21)38-45(42,43)20-23-10-5-2-6-11-23/h1-6,8-11,16-17,22,24-26,38H,7,12-15,18-20H2,(H,36,40)(H,37,41)(H4,32,33,35). The second kappa shape index (κ2) is 16.3. The molecule has 1 aliphatic rings. The van der Waals surface area contributed by atoms with Crippen molar-refractivity contribution in [2.24, 2.45) is 22.4 Å². The van der Waals surface area contributed by atoms with Gasteiger partial charge in [0.1, 0.15) is 12.1 Å². The highest BCUT2D eigenvalue weighted by atomic mass is 32.2. The number of hydrogen-bond donors (Lipinski definition) is 5. The van der Waals surface area contributed by atoms with Gasteiger partial charge in [-0.05, 0) is 42.7 Å². The van der Waals surface area contributed by atoms with E-state index in [9.17, 15) is 22.8 Å². The molecule has 2 aromatic carbocycles. The molecule has 0 aliphatic heterocycles. The number of sulfonamides is 1.